The zero-order valence-electron chi connectivity index (χ0n) is 5.28. The third-order valence-corrected chi connectivity index (χ3v) is 1.13. The van der Waals surface area contributed by atoms with Gasteiger partial charge in [-0.25, -0.2) is 0 Å². The molecule has 1 N–H and O–H groups in total. The Hall–Kier alpha value is -1.63. The van der Waals surface area contributed by atoms with Crippen LogP contribution in [-0.4, -0.2) is 15.4 Å². The summed E-state index contributed by atoms with van der Waals surface area (Å²) < 4.78 is 0. The average molecular weight is 134 g/mol. The molecule has 0 aliphatic rings. The van der Waals surface area contributed by atoms with Gasteiger partial charge in [0.15, 0.2) is 0 Å². The normalized spacial score (nSPS) is 11.9. The third kappa shape index (κ3) is 1.03. The fraction of sp³-hybridized carbons (Fsp3) is 0.167. The second kappa shape index (κ2) is 2.78. The zero-order chi connectivity index (χ0) is 7.40. The second-order valence-electron chi connectivity index (χ2n) is 1.74. The van der Waals surface area contributed by atoms with Gasteiger partial charge in [0.05, 0.1) is 6.07 Å². The van der Waals surface area contributed by atoms with E-state index in [-0.39, 0.29) is 5.92 Å². The predicted molar refractivity (Wildman–Crippen MR) is 34.9 cm³/mol. The maximum Gasteiger partial charge on any atom is 0.110 e. The molecule has 50 valence electrons. The van der Waals surface area contributed by atoms with Crippen LogP contribution in [0.15, 0.2) is 18.9 Å². The Bertz CT molecular complexity index is 243. The highest BCUT2D eigenvalue weighted by molar-refractivity contribution is 5.18. The SMILES string of the molecule is C=CC(C#N)c1c[nH]nn1. The Kier molecular flexibility index (Phi) is 1.80. The zero-order valence-corrected chi connectivity index (χ0v) is 5.28. The summed E-state index contributed by atoms with van der Waals surface area (Å²) in [5, 5.41) is 18.1. The molecule has 0 amide bonds. The molecule has 0 saturated carbocycles. The number of nitrogens with one attached hydrogen (secondary N) is 1. The lowest BCUT2D eigenvalue weighted by atomic mass is 10.1. The Morgan fingerprint density at radius 2 is 2.70 bits per heavy atom. The first-order valence-corrected chi connectivity index (χ1v) is 2.77. The van der Waals surface area contributed by atoms with E-state index in [9.17, 15) is 0 Å². The van der Waals surface area contributed by atoms with E-state index in [1.54, 1.807) is 6.20 Å². The van der Waals surface area contributed by atoms with Crippen molar-refractivity contribution in [3.63, 3.8) is 0 Å². The number of hydrogen-bond acceptors (Lipinski definition) is 3. The standard InChI is InChI=1S/C6H6N4/c1-2-5(3-7)6-4-8-10-9-6/h2,4-5H,1H2,(H,8,9,10). The molecule has 0 radical (unpaired) electrons. The fourth-order valence-corrected chi connectivity index (χ4v) is 0.602. The molecule has 1 unspecified atom stereocenters. The lowest BCUT2D eigenvalue weighted by Gasteiger charge is -1.92. The summed E-state index contributed by atoms with van der Waals surface area (Å²) in [6.07, 6.45) is 3.10. The Morgan fingerprint density at radius 3 is 3.10 bits per heavy atom. The summed E-state index contributed by atoms with van der Waals surface area (Å²) >= 11 is 0. The van der Waals surface area contributed by atoms with Gasteiger partial charge in [-0.15, -0.1) is 11.7 Å². The van der Waals surface area contributed by atoms with Crippen molar-refractivity contribution in [2.24, 2.45) is 0 Å². The number of aromatic nitrogens is 3. The van der Waals surface area contributed by atoms with Gasteiger partial charge in [0.1, 0.15) is 11.6 Å². The average Bonchev–Trinajstić information content (AvgIpc) is 2.43. The lowest BCUT2D eigenvalue weighted by Crippen LogP contribution is -1.90. The van der Waals surface area contributed by atoms with E-state index < -0.39 is 0 Å². The topological polar surface area (TPSA) is 65.4 Å². The van der Waals surface area contributed by atoms with Crippen molar-refractivity contribution >= 4 is 0 Å². The summed E-state index contributed by atoms with van der Waals surface area (Å²) in [6.45, 7) is 3.48. The Labute approximate surface area is 58.2 Å². The first kappa shape index (κ1) is 6.49. The first-order chi connectivity index (χ1) is 4.88. The van der Waals surface area contributed by atoms with Gasteiger partial charge in [-0.1, -0.05) is 11.3 Å². The minimum Gasteiger partial charge on any atom is -0.265 e. The summed E-state index contributed by atoms with van der Waals surface area (Å²) in [5.74, 6) is -0.348. The molecule has 0 aliphatic heterocycles. The van der Waals surface area contributed by atoms with Crippen LogP contribution in [-0.2, 0) is 0 Å². The summed E-state index contributed by atoms with van der Waals surface area (Å²) in [5.41, 5.74) is 0.609. The minimum absolute atomic E-state index is 0.348. The van der Waals surface area contributed by atoms with Gasteiger partial charge in [0, 0.05) is 6.20 Å². The monoisotopic (exact) mass is 134 g/mol. The van der Waals surface area contributed by atoms with E-state index in [0.29, 0.717) is 5.69 Å². The van der Waals surface area contributed by atoms with Crippen LogP contribution in [0.25, 0.3) is 0 Å². The van der Waals surface area contributed by atoms with Gasteiger partial charge in [-0.2, -0.15) is 5.26 Å². The molecule has 1 atom stereocenters. The number of allylic oxidation sites excluding steroid dienone is 1. The van der Waals surface area contributed by atoms with Gasteiger partial charge in [0.2, 0.25) is 0 Å². The largest absolute Gasteiger partial charge is 0.265 e. The molecule has 0 spiro atoms. The summed E-state index contributed by atoms with van der Waals surface area (Å²) in [7, 11) is 0. The molecule has 10 heavy (non-hydrogen) atoms. The predicted octanol–water partition coefficient (Wildman–Crippen LogP) is 0.598. The minimum atomic E-state index is -0.348. The molecule has 0 aromatic carbocycles. The van der Waals surface area contributed by atoms with Crippen molar-refractivity contribution in [3.05, 3.63) is 24.5 Å². The van der Waals surface area contributed by atoms with Crippen molar-refractivity contribution < 1.29 is 0 Å². The van der Waals surface area contributed by atoms with Crippen LogP contribution in [0, 0.1) is 11.3 Å². The van der Waals surface area contributed by atoms with E-state index in [1.807, 2.05) is 6.07 Å². The number of nitrogens with zero attached hydrogens (tertiary/aromatic N) is 3. The van der Waals surface area contributed by atoms with Crippen molar-refractivity contribution in [3.8, 4) is 6.07 Å². The smallest absolute Gasteiger partial charge is 0.110 e. The molecule has 4 nitrogen and oxygen atoms in total. The van der Waals surface area contributed by atoms with E-state index in [1.165, 1.54) is 6.08 Å². The second-order valence-corrected chi connectivity index (χ2v) is 1.74. The highest BCUT2D eigenvalue weighted by atomic mass is 15.3. The van der Waals surface area contributed by atoms with E-state index in [0.717, 1.165) is 0 Å². The molecule has 0 saturated heterocycles. The van der Waals surface area contributed by atoms with Crippen LogP contribution in [0.2, 0.25) is 0 Å². The van der Waals surface area contributed by atoms with Crippen molar-refractivity contribution in [1.29, 1.82) is 5.26 Å². The van der Waals surface area contributed by atoms with Gasteiger partial charge in [-0.3, -0.25) is 5.10 Å². The van der Waals surface area contributed by atoms with Crippen molar-refractivity contribution in [2.45, 2.75) is 5.92 Å². The molecule has 1 rings (SSSR count). The van der Waals surface area contributed by atoms with Gasteiger partial charge < -0.3 is 0 Å². The van der Waals surface area contributed by atoms with Crippen molar-refractivity contribution in [1.82, 2.24) is 15.4 Å². The van der Waals surface area contributed by atoms with Crippen LogP contribution < -0.4 is 0 Å². The first-order valence-electron chi connectivity index (χ1n) is 2.77. The number of rotatable bonds is 2. The van der Waals surface area contributed by atoms with Crippen LogP contribution >= 0.6 is 0 Å². The van der Waals surface area contributed by atoms with Crippen LogP contribution in [0.3, 0.4) is 0 Å². The fourth-order valence-electron chi connectivity index (χ4n) is 0.602. The molecular formula is C6H6N4. The van der Waals surface area contributed by atoms with E-state index >= 15 is 0 Å². The summed E-state index contributed by atoms with van der Waals surface area (Å²) in [6, 6.07) is 2.01. The summed E-state index contributed by atoms with van der Waals surface area (Å²) in [4.78, 5) is 0. The highest BCUT2D eigenvalue weighted by Gasteiger charge is 2.06. The quantitative estimate of drug-likeness (QED) is 0.602. The number of hydrogen-bond donors (Lipinski definition) is 1. The number of H-pyrrole nitrogens is 1. The number of nitriles is 1. The van der Waals surface area contributed by atoms with E-state index in [4.69, 9.17) is 5.26 Å². The van der Waals surface area contributed by atoms with Gasteiger partial charge in [0.25, 0.3) is 0 Å². The maximum absolute atomic E-state index is 8.49. The molecule has 0 bridgehead atoms. The number of aromatic amines is 1. The molecule has 0 fully saturated rings. The highest BCUT2D eigenvalue weighted by Crippen LogP contribution is 2.09. The molecule has 1 aromatic heterocycles. The third-order valence-electron chi connectivity index (χ3n) is 1.13. The molecular weight excluding hydrogens is 128 g/mol. The maximum atomic E-state index is 8.49. The lowest BCUT2D eigenvalue weighted by molar-refractivity contribution is 0.901. The molecule has 4 heteroatoms. The van der Waals surface area contributed by atoms with Crippen molar-refractivity contribution in [2.75, 3.05) is 0 Å². The molecule has 1 aromatic rings. The van der Waals surface area contributed by atoms with Crippen LogP contribution in [0.1, 0.15) is 11.6 Å². The van der Waals surface area contributed by atoms with Gasteiger partial charge in [-0.05, 0) is 0 Å². The van der Waals surface area contributed by atoms with Crippen LogP contribution in [0.5, 0.6) is 0 Å². The Morgan fingerprint density at radius 1 is 1.90 bits per heavy atom. The Balaban J connectivity index is 2.86. The molecule has 0 aliphatic carbocycles. The van der Waals surface area contributed by atoms with Gasteiger partial charge >= 0.3 is 0 Å². The molecule has 1 heterocycles. The van der Waals surface area contributed by atoms with Crippen LogP contribution in [0.4, 0.5) is 0 Å². The van der Waals surface area contributed by atoms with E-state index in [2.05, 4.69) is 22.0 Å².